The summed E-state index contributed by atoms with van der Waals surface area (Å²) in [6, 6.07) is 33.5. The monoisotopic (exact) mass is 570 g/mol. The van der Waals surface area contributed by atoms with Crippen molar-refractivity contribution in [1.82, 2.24) is 8.87 Å². The lowest BCUT2D eigenvalue weighted by molar-refractivity contribution is 0.200. The van der Waals surface area contributed by atoms with E-state index >= 15 is 0 Å². The molecule has 186 valence electrons. The third-order valence-electron chi connectivity index (χ3n) is 7.22. The van der Waals surface area contributed by atoms with Crippen LogP contribution in [0, 0.1) is 6.92 Å². The lowest BCUT2D eigenvalue weighted by Gasteiger charge is -2.37. The highest BCUT2D eigenvalue weighted by atomic mass is 79.9. The molecule has 0 N–H and O–H groups in total. The Labute approximate surface area is 226 Å². The number of para-hydroxylation sites is 1. The van der Waals surface area contributed by atoms with Crippen molar-refractivity contribution in [3.05, 3.63) is 136 Å². The molecule has 0 aliphatic carbocycles. The van der Waals surface area contributed by atoms with Crippen molar-refractivity contribution >= 4 is 36.9 Å². The Hall–Kier alpha value is -3.19. The van der Waals surface area contributed by atoms with Gasteiger partial charge in [-0.2, -0.15) is 0 Å². The first-order valence-corrected chi connectivity index (χ1v) is 14.6. The number of halogens is 1. The second kappa shape index (κ2) is 9.60. The van der Waals surface area contributed by atoms with Crippen LogP contribution < -0.4 is 0 Å². The van der Waals surface area contributed by atoms with Gasteiger partial charge in [0, 0.05) is 22.9 Å². The molecular weight excluding hydrogens is 544 g/mol. The van der Waals surface area contributed by atoms with Gasteiger partial charge >= 0.3 is 0 Å². The minimum absolute atomic E-state index is 0.218. The number of hydrogen-bond acceptors (Lipinski definition) is 3. The van der Waals surface area contributed by atoms with Crippen LogP contribution in [0.1, 0.15) is 34.0 Å². The largest absolute Gasteiger partial charge is 0.286 e. The van der Waals surface area contributed by atoms with Gasteiger partial charge in [0.1, 0.15) is 0 Å². The summed E-state index contributed by atoms with van der Waals surface area (Å²) in [5, 5.41) is 1.01. The highest BCUT2D eigenvalue weighted by molar-refractivity contribution is 9.10. The quantitative estimate of drug-likeness (QED) is 0.226. The third kappa shape index (κ3) is 4.33. The molecular formula is C31H27BrN2O2S. The van der Waals surface area contributed by atoms with Crippen molar-refractivity contribution in [3.8, 4) is 0 Å². The van der Waals surface area contributed by atoms with Crippen molar-refractivity contribution in [2.75, 3.05) is 6.54 Å². The predicted octanol–water partition coefficient (Wildman–Crippen LogP) is 7.10. The number of fused-ring (bicyclic) bond motifs is 3. The molecule has 0 bridgehead atoms. The molecule has 6 heteroatoms. The van der Waals surface area contributed by atoms with E-state index in [1.165, 1.54) is 5.56 Å². The van der Waals surface area contributed by atoms with E-state index in [4.69, 9.17) is 0 Å². The number of aromatic nitrogens is 1. The van der Waals surface area contributed by atoms with Gasteiger partial charge in [-0.15, -0.1) is 0 Å². The van der Waals surface area contributed by atoms with Gasteiger partial charge in [0.05, 0.1) is 22.1 Å². The molecule has 0 saturated heterocycles. The topological polar surface area (TPSA) is 42.3 Å². The van der Waals surface area contributed by atoms with Gasteiger partial charge in [-0.25, -0.2) is 12.4 Å². The van der Waals surface area contributed by atoms with Crippen molar-refractivity contribution < 1.29 is 8.42 Å². The van der Waals surface area contributed by atoms with E-state index in [1.807, 2.05) is 55.5 Å². The Bertz CT molecular complexity index is 1680. The fourth-order valence-electron chi connectivity index (χ4n) is 5.47. The molecule has 0 saturated carbocycles. The smallest absolute Gasteiger partial charge is 0.268 e. The molecule has 0 radical (unpaired) electrons. The van der Waals surface area contributed by atoms with Crippen LogP contribution in [-0.4, -0.2) is 23.8 Å². The molecule has 37 heavy (non-hydrogen) atoms. The van der Waals surface area contributed by atoms with Gasteiger partial charge in [-0.3, -0.25) is 4.90 Å². The molecule has 1 aliphatic heterocycles. The summed E-state index contributed by atoms with van der Waals surface area (Å²) in [6.07, 6.45) is 0.784. The summed E-state index contributed by atoms with van der Waals surface area (Å²) < 4.78 is 31.3. The van der Waals surface area contributed by atoms with Gasteiger partial charge in [-0.05, 0) is 60.4 Å². The summed E-state index contributed by atoms with van der Waals surface area (Å²) in [5.74, 6) is 0. The van der Waals surface area contributed by atoms with E-state index in [2.05, 4.69) is 63.3 Å². The van der Waals surface area contributed by atoms with Crippen LogP contribution in [0.4, 0.5) is 0 Å². The van der Waals surface area contributed by atoms with Gasteiger partial charge < -0.3 is 0 Å². The lowest BCUT2D eigenvalue weighted by Crippen LogP contribution is -2.37. The summed E-state index contributed by atoms with van der Waals surface area (Å²) in [6.45, 7) is 3.53. The molecule has 4 nitrogen and oxygen atoms in total. The number of aryl methyl sites for hydroxylation is 1. The van der Waals surface area contributed by atoms with E-state index in [1.54, 1.807) is 16.1 Å². The van der Waals surface area contributed by atoms with Crippen LogP contribution in [0.25, 0.3) is 10.9 Å². The first-order valence-electron chi connectivity index (χ1n) is 12.4. The molecule has 4 aromatic carbocycles. The molecule has 0 spiro atoms. The third-order valence-corrected chi connectivity index (χ3v) is 9.49. The van der Waals surface area contributed by atoms with Crippen LogP contribution in [0.5, 0.6) is 0 Å². The maximum absolute atomic E-state index is 14.3. The van der Waals surface area contributed by atoms with Crippen molar-refractivity contribution in [3.63, 3.8) is 0 Å². The van der Waals surface area contributed by atoms with Gasteiger partial charge in [0.2, 0.25) is 0 Å². The van der Waals surface area contributed by atoms with Gasteiger partial charge in [0.15, 0.2) is 0 Å². The van der Waals surface area contributed by atoms with Crippen LogP contribution in [0.2, 0.25) is 0 Å². The normalized spacial score (nSPS) is 16.1. The van der Waals surface area contributed by atoms with Crippen LogP contribution >= 0.6 is 15.9 Å². The zero-order chi connectivity index (χ0) is 25.6. The molecule has 1 atom stereocenters. The summed E-state index contributed by atoms with van der Waals surface area (Å²) >= 11 is 3.57. The zero-order valence-corrected chi connectivity index (χ0v) is 22.9. The SMILES string of the molecule is Cc1ccc(S(=O)(=O)n2c3c(c4ccccc42)CCN(Cc2ccccc2)[C@@H]3c2ccc(Br)cc2)cc1. The highest BCUT2D eigenvalue weighted by Gasteiger charge is 2.37. The van der Waals surface area contributed by atoms with Crippen molar-refractivity contribution in [2.24, 2.45) is 0 Å². The Morgan fingerprint density at radius 2 is 1.51 bits per heavy atom. The van der Waals surface area contributed by atoms with Crippen LogP contribution in [0.3, 0.4) is 0 Å². The average Bonchev–Trinajstić information content (AvgIpc) is 3.25. The standard InChI is InChI=1S/C31H27BrN2O2S/c1-22-11-17-26(18-12-22)37(35,36)34-29-10-6-5-9-27(29)28-19-20-33(21-23-7-3-2-4-8-23)30(31(28)34)24-13-15-25(32)16-14-24/h2-18,30H,19-21H2,1H3/t30-/m1/s1. The van der Waals surface area contributed by atoms with E-state index in [0.29, 0.717) is 4.90 Å². The van der Waals surface area contributed by atoms with E-state index < -0.39 is 10.0 Å². The van der Waals surface area contributed by atoms with Crippen molar-refractivity contribution in [2.45, 2.75) is 30.8 Å². The van der Waals surface area contributed by atoms with Gasteiger partial charge in [0.25, 0.3) is 10.0 Å². The number of hydrogen-bond donors (Lipinski definition) is 0. The first-order chi connectivity index (χ1) is 17.9. The summed E-state index contributed by atoms with van der Waals surface area (Å²) in [5.41, 5.74) is 5.99. The molecule has 6 rings (SSSR count). The number of rotatable bonds is 5. The molecule has 1 aromatic heterocycles. The molecule has 0 fully saturated rings. The second-order valence-electron chi connectivity index (χ2n) is 9.62. The second-order valence-corrected chi connectivity index (χ2v) is 12.3. The Morgan fingerprint density at radius 3 is 2.24 bits per heavy atom. The number of benzene rings is 4. The molecule has 0 amide bonds. The maximum Gasteiger partial charge on any atom is 0.268 e. The highest BCUT2D eigenvalue weighted by Crippen LogP contribution is 2.43. The maximum atomic E-state index is 14.3. The Kier molecular flexibility index (Phi) is 6.27. The average molecular weight is 572 g/mol. The Balaban J connectivity index is 1.62. The first kappa shape index (κ1) is 24.2. The van der Waals surface area contributed by atoms with E-state index in [9.17, 15) is 8.42 Å². The van der Waals surface area contributed by atoms with Crippen LogP contribution in [-0.2, 0) is 23.0 Å². The molecule has 5 aromatic rings. The number of nitrogens with zero attached hydrogens (tertiary/aromatic N) is 2. The van der Waals surface area contributed by atoms with E-state index in [-0.39, 0.29) is 6.04 Å². The Morgan fingerprint density at radius 1 is 0.838 bits per heavy atom. The lowest BCUT2D eigenvalue weighted by atomic mass is 9.92. The van der Waals surface area contributed by atoms with Crippen LogP contribution in [0.15, 0.2) is 112 Å². The summed E-state index contributed by atoms with van der Waals surface area (Å²) in [7, 11) is -3.85. The molecule has 1 aliphatic rings. The zero-order valence-electron chi connectivity index (χ0n) is 20.5. The minimum atomic E-state index is -3.85. The minimum Gasteiger partial charge on any atom is -0.286 e. The fraction of sp³-hybridized carbons (Fsp3) is 0.161. The molecule has 0 unspecified atom stereocenters. The predicted molar refractivity (Wildman–Crippen MR) is 152 cm³/mol. The van der Waals surface area contributed by atoms with Crippen molar-refractivity contribution in [1.29, 1.82) is 0 Å². The summed E-state index contributed by atoms with van der Waals surface area (Å²) in [4.78, 5) is 2.71. The fourth-order valence-corrected chi connectivity index (χ4v) is 7.31. The molecule has 2 heterocycles. The van der Waals surface area contributed by atoms with Gasteiger partial charge in [-0.1, -0.05) is 94.3 Å². The van der Waals surface area contributed by atoms with E-state index in [0.717, 1.165) is 57.3 Å².